The fourth-order valence-corrected chi connectivity index (χ4v) is 2.75. The Morgan fingerprint density at radius 2 is 2.10 bits per heavy atom. The van der Waals surface area contributed by atoms with Gasteiger partial charge < -0.3 is 19.9 Å². The van der Waals surface area contributed by atoms with Gasteiger partial charge in [0.25, 0.3) is 5.91 Å². The van der Waals surface area contributed by atoms with Crippen molar-refractivity contribution in [2.75, 3.05) is 13.2 Å². The van der Waals surface area contributed by atoms with Crippen molar-refractivity contribution in [3.63, 3.8) is 0 Å². The molecular formula is C15H19NO4. The van der Waals surface area contributed by atoms with Crippen LogP contribution in [0.4, 0.5) is 0 Å². The van der Waals surface area contributed by atoms with Gasteiger partial charge in [-0.2, -0.15) is 0 Å². The third kappa shape index (κ3) is 2.72. The second-order valence-corrected chi connectivity index (χ2v) is 5.37. The summed E-state index contributed by atoms with van der Waals surface area (Å²) in [7, 11) is 0. The number of fused-ring (bicyclic) bond motifs is 1. The van der Waals surface area contributed by atoms with E-state index < -0.39 is 6.10 Å². The molecule has 0 aromatic heterocycles. The van der Waals surface area contributed by atoms with Crippen molar-refractivity contribution in [3.05, 3.63) is 24.3 Å². The maximum absolute atomic E-state index is 12.1. The van der Waals surface area contributed by atoms with E-state index in [9.17, 15) is 9.90 Å². The molecule has 0 saturated heterocycles. The standard InChI is InChI=1S/C15H19NO4/c17-11-5-3-4-10(11)8-16-15(18)14-9-19-12-6-1-2-7-13(12)20-14/h1-2,6-7,10-11,14,17H,3-5,8-9H2,(H,16,18). The Balaban J connectivity index is 1.54. The van der Waals surface area contributed by atoms with Crippen molar-refractivity contribution in [2.45, 2.75) is 31.5 Å². The van der Waals surface area contributed by atoms with Crippen molar-refractivity contribution >= 4 is 5.91 Å². The number of amides is 1. The normalized spacial score (nSPS) is 28.1. The summed E-state index contributed by atoms with van der Waals surface area (Å²) < 4.78 is 11.2. The van der Waals surface area contributed by atoms with Gasteiger partial charge in [-0.15, -0.1) is 0 Å². The molecule has 1 saturated carbocycles. The summed E-state index contributed by atoms with van der Waals surface area (Å²) in [6, 6.07) is 7.31. The number of aliphatic hydroxyl groups excluding tert-OH is 1. The lowest BCUT2D eigenvalue weighted by molar-refractivity contribution is -0.130. The number of hydrogen-bond acceptors (Lipinski definition) is 4. The fourth-order valence-electron chi connectivity index (χ4n) is 2.75. The molecule has 0 bridgehead atoms. The molecule has 1 heterocycles. The van der Waals surface area contributed by atoms with Gasteiger partial charge in [0.15, 0.2) is 11.5 Å². The lowest BCUT2D eigenvalue weighted by Crippen LogP contribution is -2.45. The molecule has 0 spiro atoms. The molecule has 2 aliphatic rings. The van der Waals surface area contributed by atoms with Crippen LogP contribution in [0.3, 0.4) is 0 Å². The van der Waals surface area contributed by atoms with Gasteiger partial charge in [0.2, 0.25) is 6.10 Å². The minimum atomic E-state index is -0.622. The maximum atomic E-state index is 12.1. The van der Waals surface area contributed by atoms with Gasteiger partial charge in [0.1, 0.15) is 6.61 Å². The van der Waals surface area contributed by atoms with Crippen molar-refractivity contribution < 1.29 is 19.4 Å². The number of rotatable bonds is 3. The average molecular weight is 277 g/mol. The monoisotopic (exact) mass is 277 g/mol. The summed E-state index contributed by atoms with van der Waals surface area (Å²) >= 11 is 0. The summed E-state index contributed by atoms with van der Waals surface area (Å²) in [5.41, 5.74) is 0. The van der Waals surface area contributed by atoms with E-state index in [0.29, 0.717) is 18.0 Å². The van der Waals surface area contributed by atoms with E-state index in [-0.39, 0.29) is 24.5 Å². The van der Waals surface area contributed by atoms with Crippen LogP contribution in [-0.4, -0.2) is 36.4 Å². The van der Waals surface area contributed by atoms with Crippen molar-refractivity contribution in [2.24, 2.45) is 5.92 Å². The molecule has 1 aromatic rings. The molecule has 0 radical (unpaired) electrons. The Morgan fingerprint density at radius 3 is 2.85 bits per heavy atom. The second-order valence-electron chi connectivity index (χ2n) is 5.37. The maximum Gasteiger partial charge on any atom is 0.264 e. The molecule has 1 fully saturated rings. The van der Waals surface area contributed by atoms with E-state index in [1.54, 1.807) is 6.07 Å². The number of nitrogens with one attached hydrogen (secondary N) is 1. The molecule has 5 heteroatoms. The molecule has 1 amide bonds. The first-order valence-corrected chi connectivity index (χ1v) is 7.08. The van der Waals surface area contributed by atoms with Crippen molar-refractivity contribution in [3.8, 4) is 11.5 Å². The van der Waals surface area contributed by atoms with Gasteiger partial charge in [-0.3, -0.25) is 4.79 Å². The van der Waals surface area contributed by atoms with Crippen LogP contribution in [0.25, 0.3) is 0 Å². The Bertz CT molecular complexity index is 491. The van der Waals surface area contributed by atoms with Gasteiger partial charge in [0, 0.05) is 12.5 Å². The van der Waals surface area contributed by atoms with Gasteiger partial charge in [-0.1, -0.05) is 18.6 Å². The zero-order chi connectivity index (χ0) is 13.9. The van der Waals surface area contributed by atoms with Crippen LogP contribution in [0.1, 0.15) is 19.3 Å². The zero-order valence-corrected chi connectivity index (χ0v) is 11.2. The highest BCUT2D eigenvalue weighted by Crippen LogP contribution is 2.31. The molecule has 2 N–H and O–H groups in total. The van der Waals surface area contributed by atoms with Crippen molar-refractivity contribution in [1.82, 2.24) is 5.32 Å². The number of ether oxygens (including phenoxy) is 2. The smallest absolute Gasteiger partial charge is 0.264 e. The summed E-state index contributed by atoms with van der Waals surface area (Å²) in [5.74, 6) is 1.25. The van der Waals surface area contributed by atoms with Crippen LogP contribution in [0, 0.1) is 5.92 Å². The highest BCUT2D eigenvalue weighted by atomic mass is 16.6. The molecule has 3 atom stereocenters. The van der Waals surface area contributed by atoms with Crippen LogP contribution < -0.4 is 14.8 Å². The van der Waals surface area contributed by atoms with E-state index in [2.05, 4.69) is 5.32 Å². The third-order valence-corrected chi connectivity index (χ3v) is 3.96. The average Bonchev–Trinajstić information content (AvgIpc) is 2.89. The van der Waals surface area contributed by atoms with Crippen LogP contribution in [0.15, 0.2) is 24.3 Å². The number of aliphatic hydroxyl groups is 1. The minimum Gasteiger partial charge on any atom is -0.485 e. The van der Waals surface area contributed by atoms with E-state index in [0.717, 1.165) is 19.3 Å². The minimum absolute atomic E-state index is 0.163. The first-order chi connectivity index (χ1) is 9.74. The van der Waals surface area contributed by atoms with Crippen LogP contribution >= 0.6 is 0 Å². The Labute approximate surface area is 117 Å². The molecule has 3 unspecified atom stereocenters. The first kappa shape index (κ1) is 13.2. The second kappa shape index (κ2) is 5.71. The van der Waals surface area contributed by atoms with Crippen LogP contribution in [0.2, 0.25) is 0 Å². The Morgan fingerprint density at radius 1 is 1.30 bits per heavy atom. The largest absolute Gasteiger partial charge is 0.485 e. The zero-order valence-electron chi connectivity index (χ0n) is 11.2. The third-order valence-electron chi connectivity index (χ3n) is 3.96. The Kier molecular flexibility index (Phi) is 3.78. The lowest BCUT2D eigenvalue weighted by atomic mass is 10.1. The fraction of sp³-hybridized carbons (Fsp3) is 0.533. The summed E-state index contributed by atoms with van der Waals surface area (Å²) in [4.78, 5) is 12.1. The number of carbonyl (C=O) groups is 1. The number of hydrogen-bond donors (Lipinski definition) is 2. The quantitative estimate of drug-likeness (QED) is 0.868. The van der Waals surface area contributed by atoms with E-state index >= 15 is 0 Å². The van der Waals surface area contributed by atoms with Gasteiger partial charge in [0.05, 0.1) is 6.10 Å². The molecule has 1 aliphatic heterocycles. The predicted octanol–water partition coefficient (Wildman–Crippen LogP) is 1.10. The predicted molar refractivity (Wildman–Crippen MR) is 72.7 cm³/mol. The van der Waals surface area contributed by atoms with E-state index in [4.69, 9.17) is 9.47 Å². The van der Waals surface area contributed by atoms with Gasteiger partial charge in [-0.05, 0) is 25.0 Å². The highest BCUT2D eigenvalue weighted by molar-refractivity contribution is 5.81. The SMILES string of the molecule is O=C(NCC1CCCC1O)C1COc2ccccc2O1. The van der Waals surface area contributed by atoms with Crippen LogP contribution in [-0.2, 0) is 4.79 Å². The van der Waals surface area contributed by atoms with Gasteiger partial charge in [-0.25, -0.2) is 0 Å². The Hall–Kier alpha value is -1.75. The molecule has 1 aliphatic carbocycles. The number of carbonyl (C=O) groups excluding carboxylic acids is 1. The molecule has 1 aromatic carbocycles. The van der Waals surface area contributed by atoms with Crippen LogP contribution in [0.5, 0.6) is 11.5 Å². The van der Waals surface area contributed by atoms with Crippen molar-refractivity contribution in [1.29, 1.82) is 0 Å². The highest BCUT2D eigenvalue weighted by Gasteiger charge is 2.30. The first-order valence-electron chi connectivity index (χ1n) is 7.08. The molecule has 5 nitrogen and oxygen atoms in total. The molecule has 3 rings (SSSR count). The molecule has 20 heavy (non-hydrogen) atoms. The molecule has 108 valence electrons. The topological polar surface area (TPSA) is 67.8 Å². The van der Waals surface area contributed by atoms with E-state index in [1.165, 1.54) is 0 Å². The number of para-hydroxylation sites is 2. The summed E-state index contributed by atoms with van der Waals surface area (Å²) in [6.45, 7) is 0.720. The number of benzene rings is 1. The summed E-state index contributed by atoms with van der Waals surface area (Å²) in [5, 5.41) is 12.6. The molecular weight excluding hydrogens is 258 g/mol. The summed E-state index contributed by atoms with van der Waals surface area (Å²) in [6.07, 6.45) is 1.91. The van der Waals surface area contributed by atoms with E-state index in [1.807, 2.05) is 18.2 Å². The van der Waals surface area contributed by atoms with Gasteiger partial charge >= 0.3 is 0 Å². The lowest BCUT2D eigenvalue weighted by Gasteiger charge is -2.26.